The molecule has 1 saturated heterocycles. The van der Waals surface area contributed by atoms with Gasteiger partial charge in [-0.3, -0.25) is 4.90 Å². The van der Waals surface area contributed by atoms with Gasteiger partial charge in [0, 0.05) is 18.7 Å². The standard InChI is InChI=1S/C18H25N3O2S.C7H8.C2H6O/c1-24-14-17-19-20-18(23-17)15-6-8-16(9-7-15)22-13-12-21-10-4-2-3-5-11-21;1-2-4-6-7-5-3-1;1-2-3/h6-9H,2-5,10-14H2,1H3;1-6H,7H2;3H,2H2,1H3. The first kappa shape index (κ1) is 27.9. The lowest BCUT2D eigenvalue weighted by Gasteiger charge is -2.19. The van der Waals surface area contributed by atoms with Gasteiger partial charge in [-0.2, -0.15) is 11.8 Å². The van der Waals surface area contributed by atoms with Crippen LogP contribution in [-0.4, -0.2) is 59.3 Å². The Morgan fingerprint density at radius 3 is 2.24 bits per heavy atom. The van der Waals surface area contributed by atoms with Crippen LogP contribution in [-0.2, 0) is 5.75 Å². The minimum atomic E-state index is 0.250. The summed E-state index contributed by atoms with van der Waals surface area (Å²) in [6.07, 6.45) is 20.9. The Morgan fingerprint density at radius 1 is 0.971 bits per heavy atom. The third kappa shape index (κ3) is 11.7. The normalized spacial score (nSPS) is 15.4. The highest BCUT2D eigenvalue weighted by molar-refractivity contribution is 7.97. The molecule has 0 bridgehead atoms. The number of rotatable bonds is 7. The highest BCUT2D eigenvalue weighted by Gasteiger charge is 2.10. The fourth-order valence-corrected chi connectivity index (χ4v) is 3.78. The van der Waals surface area contributed by atoms with Gasteiger partial charge in [-0.1, -0.05) is 49.3 Å². The van der Waals surface area contributed by atoms with Gasteiger partial charge in [0.2, 0.25) is 11.8 Å². The molecule has 7 heteroatoms. The molecule has 1 aliphatic carbocycles. The molecule has 0 spiro atoms. The van der Waals surface area contributed by atoms with Gasteiger partial charge in [0.05, 0.1) is 5.75 Å². The molecule has 1 aromatic heterocycles. The Kier molecular flexibility index (Phi) is 14.8. The summed E-state index contributed by atoms with van der Waals surface area (Å²) in [4.78, 5) is 2.51. The van der Waals surface area contributed by atoms with E-state index in [0.29, 0.717) is 11.8 Å². The lowest BCUT2D eigenvalue weighted by molar-refractivity contribution is 0.214. The van der Waals surface area contributed by atoms with E-state index in [1.807, 2.05) is 42.7 Å². The van der Waals surface area contributed by atoms with Crippen molar-refractivity contribution in [3.8, 4) is 17.2 Å². The quantitative estimate of drug-likeness (QED) is 0.522. The van der Waals surface area contributed by atoms with E-state index in [0.717, 1.165) is 36.6 Å². The molecule has 2 heterocycles. The number of benzene rings is 1. The smallest absolute Gasteiger partial charge is 0.247 e. The van der Waals surface area contributed by atoms with Gasteiger partial charge in [0.1, 0.15) is 12.4 Å². The number of aromatic nitrogens is 2. The third-order valence-corrected chi connectivity index (χ3v) is 5.62. The predicted octanol–water partition coefficient (Wildman–Crippen LogP) is 5.91. The predicted molar refractivity (Wildman–Crippen MR) is 142 cm³/mol. The second-order valence-electron chi connectivity index (χ2n) is 7.86. The van der Waals surface area contributed by atoms with Gasteiger partial charge in [0.25, 0.3) is 0 Å². The molecule has 2 aliphatic rings. The molecule has 0 amide bonds. The van der Waals surface area contributed by atoms with Crippen molar-refractivity contribution in [1.29, 1.82) is 0 Å². The van der Waals surface area contributed by atoms with Crippen molar-refractivity contribution in [2.24, 2.45) is 0 Å². The molecule has 4 rings (SSSR count). The molecule has 1 aliphatic heterocycles. The molecule has 1 N–H and O–H groups in total. The summed E-state index contributed by atoms with van der Waals surface area (Å²) in [5.74, 6) is 2.85. The van der Waals surface area contributed by atoms with Crippen LogP contribution in [0.25, 0.3) is 11.5 Å². The lowest BCUT2D eigenvalue weighted by atomic mass is 10.2. The van der Waals surface area contributed by atoms with Gasteiger partial charge in [-0.25, -0.2) is 0 Å². The lowest BCUT2D eigenvalue weighted by Crippen LogP contribution is -2.29. The number of aliphatic hydroxyl groups is 1. The van der Waals surface area contributed by atoms with Crippen molar-refractivity contribution < 1.29 is 14.3 Å². The number of nitrogens with zero attached hydrogens (tertiary/aromatic N) is 3. The minimum absolute atomic E-state index is 0.250. The zero-order chi connectivity index (χ0) is 24.3. The summed E-state index contributed by atoms with van der Waals surface area (Å²) in [6.45, 7) is 6.08. The van der Waals surface area contributed by atoms with E-state index in [2.05, 4.69) is 39.4 Å². The number of hydrogen-bond donors (Lipinski definition) is 1. The van der Waals surface area contributed by atoms with Crippen molar-refractivity contribution >= 4 is 11.8 Å². The molecular weight excluding hydrogens is 446 g/mol. The van der Waals surface area contributed by atoms with Gasteiger partial charge in [-0.15, -0.1) is 10.2 Å². The van der Waals surface area contributed by atoms with Gasteiger partial charge in [0.15, 0.2) is 0 Å². The fourth-order valence-electron chi connectivity index (χ4n) is 3.42. The summed E-state index contributed by atoms with van der Waals surface area (Å²) in [7, 11) is 0. The molecule has 0 saturated carbocycles. The SMILES string of the molecule is C1=CC=CCC=C1.CCO.CSCc1nnc(-c2ccc(OCCN3CCCCCC3)cc2)o1. The van der Waals surface area contributed by atoms with Crippen molar-refractivity contribution in [2.75, 3.05) is 39.1 Å². The number of likely N-dealkylation sites (tertiary alicyclic amines) is 1. The van der Waals surface area contributed by atoms with Gasteiger partial charge in [-0.05, 0) is 69.8 Å². The summed E-state index contributed by atoms with van der Waals surface area (Å²) in [5.41, 5.74) is 0.926. The van der Waals surface area contributed by atoms with E-state index >= 15 is 0 Å². The molecule has 34 heavy (non-hydrogen) atoms. The van der Waals surface area contributed by atoms with E-state index < -0.39 is 0 Å². The van der Waals surface area contributed by atoms with Crippen LogP contribution in [0, 0.1) is 0 Å². The second kappa shape index (κ2) is 18.0. The average molecular weight is 486 g/mol. The molecule has 1 fully saturated rings. The minimum Gasteiger partial charge on any atom is -0.492 e. The maximum atomic E-state index is 7.57. The highest BCUT2D eigenvalue weighted by Crippen LogP contribution is 2.22. The van der Waals surface area contributed by atoms with E-state index in [1.165, 1.54) is 38.8 Å². The Bertz CT molecular complexity index is 840. The molecular formula is C27H39N3O3S. The highest BCUT2D eigenvalue weighted by atomic mass is 32.2. The Morgan fingerprint density at radius 2 is 1.62 bits per heavy atom. The first-order valence-corrected chi connectivity index (χ1v) is 13.5. The second-order valence-corrected chi connectivity index (χ2v) is 8.72. The first-order valence-electron chi connectivity index (χ1n) is 12.1. The number of allylic oxidation sites excluding steroid dienone is 6. The molecule has 186 valence electrons. The molecule has 0 unspecified atom stereocenters. The largest absolute Gasteiger partial charge is 0.492 e. The van der Waals surface area contributed by atoms with Crippen LogP contribution in [0.1, 0.15) is 44.9 Å². The topological polar surface area (TPSA) is 71.6 Å². The maximum absolute atomic E-state index is 7.57. The Labute approximate surface area is 208 Å². The fraction of sp³-hybridized carbons (Fsp3) is 0.481. The molecule has 1 aromatic carbocycles. The molecule has 6 nitrogen and oxygen atoms in total. The van der Waals surface area contributed by atoms with Crippen molar-refractivity contribution in [3.05, 3.63) is 66.6 Å². The molecule has 0 radical (unpaired) electrons. The van der Waals surface area contributed by atoms with Crippen LogP contribution in [0.15, 0.2) is 65.1 Å². The third-order valence-electron chi connectivity index (χ3n) is 5.09. The number of thioether (sulfide) groups is 1. The van der Waals surface area contributed by atoms with Crippen LogP contribution in [0.3, 0.4) is 0 Å². The van der Waals surface area contributed by atoms with Crippen LogP contribution in [0.4, 0.5) is 0 Å². The van der Waals surface area contributed by atoms with E-state index in [4.69, 9.17) is 14.3 Å². The maximum Gasteiger partial charge on any atom is 0.247 e. The Balaban J connectivity index is 0.000000341. The van der Waals surface area contributed by atoms with Crippen LogP contribution in [0.5, 0.6) is 5.75 Å². The average Bonchev–Trinajstić information content (AvgIpc) is 3.05. The van der Waals surface area contributed by atoms with Crippen LogP contribution >= 0.6 is 11.8 Å². The summed E-state index contributed by atoms with van der Waals surface area (Å²) < 4.78 is 11.5. The summed E-state index contributed by atoms with van der Waals surface area (Å²) in [6, 6.07) is 7.88. The zero-order valence-electron chi connectivity index (χ0n) is 20.6. The first-order chi connectivity index (χ1) is 16.8. The van der Waals surface area contributed by atoms with Crippen LogP contribution in [0.2, 0.25) is 0 Å². The Hall–Kier alpha value is -2.35. The number of aliphatic hydroxyl groups excluding tert-OH is 1. The van der Waals surface area contributed by atoms with E-state index in [-0.39, 0.29) is 6.61 Å². The van der Waals surface area contributed by atoms with Crippen molar-refractivity contribution in [1.82, 2.24) is 15.1 Å². The zero-order valence-corrected chi connectivity index (χ0v) is 21.4. The van der Waals surface area contributed by atoms with Crippen molar-refractivity contribution in [2.45, 2.75) is 44.8 Å². The molecule has 0 atom stereocenters. The summed E-state index contributed by atoms with van der Waals surface area (Å²) in [5, 5.41) is 15.7. The summed E-state index contributed by atoms with van der Waals surface area (Å²) >= 11 is 1.67. The van der Waals surface area contributed by atoms with E-state index in [9.17, 15) is 0 Å². The van der Waals surface area contributed by atoms with Crippen LogP contribution < -0.4 is 4.74 Å². The van der Waals surface area contributed by atoms with Crippen molar-refractivity contribution in [3.63, 3.8) is 0 Å². The number of hydrogen-bond acceptors (Lipinski definition) is 7. The van der Waals surface area contributed by atoms with Gasteiger partial charge < -0.3 is 14.3 Å². The van der Waals surface area contributed by atoms with E-state index in [1.54, 1.807) is 18.7 Å². The van der Waals surface area contributed by atoms with Gasteiger partial charge >= 0.3 is 0 Å². The number of ether oxygens (including phenoxy) is 1. The molecule has 2 aromatic rings. The monoisotopic (exact) mass is 485 g/mol.